The number of carbonyl (C=O) groups excluding carboxylic acids is 2. The van der Waals surface area contributed by atoms with Crippen molar-refractivity contribution in [3.63, 3.8) is 0 Å². The zero-order valence-electron chi connectivity index (χ0n) is 14.5. The number of thiazole rings is 1. The Kier molecular flexibility index (Phi) is 5.48. The number of carbonyl (C=O) groups is 2. The second-order valence-corrected chi connectivity index (χ2v) is 6.79. The van der Waals surface area contributed by atoms with Crippen LogP contribution in [0.15, 0.2) is 42.5 Å². The number of fused-ring (bicyclic) bond motifs is 1. The fourth-order valence-corrected chi connectivity index (χ4v) is 3.53. The van der Waals surface area contributed by atoms with Gasteiger partial charge in [-0.1, -0.05) is 41.7 Å². The van der Waals surface area contributed by atoms with Gasteiger partial charge in [0, 0.05) is 25.1 Å². The van der Waals surface area contributed by atoms with Gasteiger partial charge in [0.15, 0.2) is 5.13 Å². The number of hydrogen-bond acceptors (Lipinski definition) is 5. The maximum atomic E-state index is 12.3. The first-order valence-electron chi connectivity index (χ1n) is 8.15. The smallest absolute Gasteiger partial charge is 0.224 e. The van der Waals surface area contributed by atoms with E-state index in [9.17, 15) is 9.59 Å². The number of hydrogen-bond donors (Lipinski definition) is 2. The minimum atomic E-state index is -0.183. The lowest BCUT2D eigenvalue weighted by atomic mass is 10.1. The number of anilines is 2. The van der Waals surface area contributed by atoms with Gasteiger partial charge in [-0.2, -0.15) is 0 Å². The minimum absolute atomic E-state index is 0.0677. The molecule has 0 aliphatic carbocycles. The van der Waals surface area contributed by atoms with Crippen molar-refractivity contribution in [2.75, 3.05) is 17.7 Å². The van der Waals surface area contributed by atoms with Crippen LogP contribution in [0, 0.1) is 0 Å². The number of benzene rings is 2. The molecule has 3 rings (SSSR count). The molecule has 2 N–H and O–H groups in total. The molecule has 0 fully saturated rings. The normalized spacial score (nSPS) is 10.5. The molecule has 0 aliphatic rings. The summed E-state index contributed by atoms with van der Waals surface area (Å²) in [6.07, 6.45) is 1.07. The summed E-state index contributed by atoms with van der Waals surface area (Å²) in [4.78, 5) is 27.8. The van der Waals surface area contributed by atoms with Crippen LogP contribution in [0.25, 0.3) is 10.2 Å². The Morgan fingerprint density at radius 2 is 1.92 bits per heavy atom. The Hall–Kier alpha value is -2.93. The average molecular weight is 369 g/mol. The highest BCUT2D eigenvalue weighted by Crippen LogP contribution is 2.35. The molecule has 2 amide bonds. The Bertz CT molecular complexity index is 938. The van der Waals surface area contributed by atoms with E-state index >= 15 is 0 Å². The van der Waals surface area contributed by atoms with Gasteiger partial charge in [-0.05, 0) is 18.1 Å². The van der Waals surface area contributed by atoms with Crippen molar-refractivity contribution in [3.05, 3.63) is 48.0 Å². The van der Waals surface area contributed by atoms with Crippen LogP contribution in [0.4, 0.5) is 10.8 Å². The third-order valence-electron chi connectivity index (χ3n) is 3.73. The van der Waals surface area contributed by atoms with E-state index in [0.717, 1.165) is 10.3 Å². The number of amides is 2. The zero-order chi connectivity index (χ0) is 18.5. The molecule has 0 atom stereocenters. The number of nitrogens with one attached hydrogen (secondary N) is 2. The first-order chi connectivity index (χ1) is 12.5. The van der Waals surface area contributed by atoms with Crippen LogP contribution >= 0.6 is 11.3 Å². The molecular formula is C19H19N3O3S. The second-order valence-electron chi connectivity index (χ2n) is 5.76. The van der Waals surface area contributed by atoms with Gasteiger partial charge in [-0.15, -0.1) is 0 Å². The number of nitrogens with zero attached hydrogens (tertiary/aromatic N) is 1. The van der Waals surface area contributed by atoms with Gasteiger partial charge < -0.3 is 15.4 Å². The molecule has 134 valence electrons. The number of ether oxygens (including phenoxy) is 1. The monoisotopic (exact) mass is 369 g/mol. The van der Waals surface area contributed by atoms with E-state index < -0.39 is 0 Å². The SMILES string of the molecule is COc1cc(NC(=O)CCc2ccccc2)cc2sc(NC(C)=O)nc12. The first kappa shape index (κ1) is 17.9. The van der Waals surface area contributed by atoms with Crippen LogP contribution in [0.3, 0.4) is 0 Å². The first-order valence-corrected chi connectivity index (χ1v) is 8.97. The Labute approximate surface area is 155 Å². The quantitative estimate of drug-likeness (QED) is 0.692. The zero-order valence-corrected chi connectivity index (χ0v) is 15.4. The van der Waals surface area contributed by atoms with Gasteiger partial charge in [0.1, 0.15) is 11.3 Å². The highest BCUT2D eigenvalue weighted by Gasteiger charge is 2.13. The molecule has 7 heteroatoms. The molecule has 0 saturated carbocycles. The fraction of sp³-hybridized carbons (Fsp3) is 0.211. The van der Waals surface area contributed by atoms with E-state index in [4.69, 9.17) is 4.74 Å². The summed E-state index contributed by atoms with van der Waals surface area (Å²) in [5.74, 6) is 0.299. The summed E-state index contributed by atoms with van der Waals surface area (Å²) in [7, 11) is 1.55. The lowest BCUT2D eigenvalue weighted by Gasteiger charge is -2.08. The van der Waals surface area contributed by atoms with E-state index in [1.54, 1.807) is 13.2 Å². The van der Waals surface area contributed by atoms with Crippen molar-refractivity contribution >= 4 is 44.2 Å². The van der Waals surface area contributed by atoms with Crippen molar-refractivity contribution in [2.24, 2.45) is 0 Å². The molecule has 26 heavy (non-hydrogen) atoms. The van der Waals surface area contributed by atoms with Crippen molar-refractivity contribution in [1.29, 1.82) is 0 Å². The highest BCUT2D eigenvalue weighted by atomic mass is 32.1. The predicted molar refractivity (Wildman–Crippen MR) is 104 cm³/mol. The minimum Gasteiger partial charge on any atom is -0.494 e. The predicted octanol–water partition coefficient (Wildman–Crippen LogP) is 3.83. The number of aromatic nitrogens is 1. The Balaban J connectivity index is 1.74. The summed E-state index contributed by atoms with van der Waals surface area (Å²) in [5, 5.41) is 6.07. The maximum Gasteiger partial charge on any atom is 0.224 e. The molecule has 0 spiro atoms. The van der Waals surface area contributed by atoms with Crippen molar-refractivity contribution in [1.82, 2.24) is 4.98 Å². The van der Waals surface area contributed by atoms with Gasteiger partial charge in [0.05, 0.1) is 11.8 Å². The lowest BCUT2D eigenvalue weighted by molar-refractivity contribution is -0.116. The van der Waals surface area contributed by atoms with Crippen LogP contribution in [0.5, 0.6) is 5.75 Å². The van der Waals surface area contributed by atoms with E-state index in [2.05, 4.69) is 15.6 Å². The molecule has 6 nitrogen and oxygen atoms in total. The molecule has 3 aromatic rings. The largest absolute Gasteiger partial charge is 0.494 e. The number of aryl methyl sites for hydroxylation is 1. The van der Waals surface area contributed by atoms with E-state index in [1.165, 1.54) is 18.3 Å². The maximum absolute atomic E-state index is 12.3. The van der Waals surface area contributed by atoms with Crippen LogP contribution < -0.4 is 15.4 Å². The Morgan fingerprint density at radius 3 is 2.62 bits per heavy atom. The molecule has 2 aromatic carbocycles. The lowest BCUT2D eigenvalue weighted by Crippen LogP contribution is -2.12. The van der Waals surface area contributed by atoms with Crippen LogP contribution in [0.2, 0.25) is 0 Å². The summed E-state index contributed by atoms with van der Waals surface area (Å²) < 4.78 is 6.20. The number of rotatable bonds is 6. The summed E-state index contributed by atoms with van der Waals surface area (Å²) in [5.41, 5.74) is 2.42. The third kappa shape index (κ3) is 4.37. The van der Waals surface area contributed by atoms with Gasteiger partial charge in [0.25, 0.3) is 0 Å². The average Bonchev–Trinajstić information content (AvgIpc) is 3.01. The molecule has 0 saturated heterocycles. The Morgan fingerprint density at radius 1 is 1.15 bits per heavy atom. The topological polar surface area (TPSA) is 80.3 Å². The van der Waals surface area contributed by atoms with Gasteiger partial charge in [-0.3, -0.25) is 9.59 Å². The standard InChI is InChI=1S/C19H19N3O3S/c1-12(23)20-19-22-18-15(25-2)10-14(11-16(18)26-19)21-17(24)9-8-13-6-4-3-5-7-13/h3-7,10-11H,8-9H2,1-2H3,(H,21,24)(H,20,22,23). The number of methoxy groups -OCH3 is 1. The van der Waals surface area contributed by atoms with Crippen LogP contribution in [0.1, 0.15) is 18.9 Å². The molecule has 0 aliphatic heterocycles. The van der Waals surface area contributed by atoms with Gasteiger partial charge in [-0.25, -0.2) is 4.98 Å². The van der Waals surface area contributed by atoms with Crippen molar-refractivity contribution in [2.45, 2.75) is 19.8 Å². The van der Waals surface area contributed by atoms with Crippen molar-refractivity contribution in [3.8, 4) is 5.75 Å². The van der Waals surface area contributed by atoms with Crippen molar-refractivity contribution < 1.29 is 14.3 Å². The van der Waals surface area contributed by atoms with Crippen LogP contribution in [-0.4, -0.2) is 23.9 Å². The fourth-order valence-electron chi connectivity index (χ4n) is 2.56. The molecule has 1 heterocycles. The molecular weight excluding hydrogens is 350 g/mol. The van der Waals surface area contributed by atoms with Gasteiger partial charge >= 0.3 is 0 Å². The molecule has 0 bridgehead atoms. The summed E-state index contributed by atoms with van der Waals surface area (Å²) in [6, 6.07) is 13.5. The van der Waals surface area contributed by atoms with E-state index in [0.29, 0.717) is 34.9 Å². The van der Waals surface area contributed by atoms with E-state index in [-0.39, 0.29) is 11.8 Å². The summed E-state index contributed by atoms with van der Waals surface area (Å²) >= 11 is 1.33. The van der Waals surface area contributed by atoms with E-state index in [1.807, 2.05) is 36.4 Å². The summed E-state index contributed by atoms with van der Waals surface area (Å²) in [6.45, 7) is 1.43. The molecule has 0 radical (unpaired) electrons. The van der Waals surface area contributed by atoms with Gasteiger partial charge in [0.2, 0.25) is 11.8 Å². The second kappa shape index (κ2) is 7.97. The molecule has 0 unspecified atom stereocenters. The van der Waals surface area contributed by atoms with Crippen LogP contribution in [-0.2, 0) is 16.0 Å². The third-order valence-corrected chi connectivity index (χ3v) is 4.65. The highest BCUT2D eigenvalue weighted by molar-refractivity contribution is 7.22. The molecule has 1 aromatic heterocycles.